The smallest absolute Gasteiger partial charge is 0.350 e. The number of nitrogens with zero attached hydrogens (tertiary/aromatic N) is 5. The minimum Gasteiger partial charge on any atom is -0.394 e. The van der Waals surface area contributed by atoms with Crippen molar-refractivity contribution >= 4 is 5.65 Å². The van der Waals surface area contributed by atoms with E-state index in [9.17, 15) is 4.79 Å². The molecule has 0 bridgehead atoms. The van der Waals surface area contributed by atoms with Gasteiger partial charge in [-0.2, -0.15) is 5.10 Å². The van der Waals surface area contributed by atoms with E-state index in [2.05, 4.69) is 15.5 Å². The Hall–Kier alpha value is -2.45. The Kier molecular flexibility index (Phi) is 5.30. The number of nitrogens with one attached hydrogen (secondary N) is 1. The number of aliphatic hydroxyl groups is 1. The summed E-state index contributed by atoms with van der Waals surface area (Å²) in [6, 6.07) is 5.52. The first-order valence-electron chi connectivity index (χ1n) is 8.50. The van der Waals surface area contributed by atoms with Crippen LogP contribution in [0.25, 0.3) is 5.65 Å². The van der Waals surface area contributed by atoms with Crippen LogP contribution in [0.4, 0.5) is 0 Å². The minimum absolute atomic E-state index is 0.0859. The van der Waals surface area contributed by atoms with Crippen LogP contribution in [-0.4, -0.2) is 42.2 Å². The maximum absolute atomic E-state index is 12.2. The molecule has 3 aromatic heterocycles. The minimum atomic E-state index is -0.104. The van der Waals surface area contributed by atoms with Crippen LogP contribution in [0.2, 0.25) is 0 Å². The van der Waals surface area contributed by atoms with Crippen LogP contribution < -0.4 is 11.0 Å². The van der Waals surface area contributed by atoms with E-state index in [1.165, 1.54) is 10.2 Å². The second kappa shape index (κ2) is 7.62. The first-order chi connectivity index (χ1) is 12.1. The molecule has 0 amide bonds. The summed E-state index contributed by atoms with van der Waals surface area (Å²) in [4.78, 5) is 12.2. The van der Waals surface area contributed by atoms with Gasteiger partial charge in [-0.3, -0.25) is 9.08 Å². The molecule has 2 N–H and O–H groups in total. The van der Waals surface area contributed by atoms with Crippen LogP contribution in [-0.2, 0) is 19.6 Å². The summed E-state index contributed by atoms with van der Waals surface area (Å²) in [5.41, 5.74) is 3.79. The van der Waals surface area contributed by atoms with Crippen molar-refractivity contribution in [1.29, 1.82) is 0 Å². The highest BCUT2D eigenvalue weighted by atomic mass is 16.3. The predicted molar refractivity (Wildman–Crippen MR) is 94.6 cm³/mol. The normalized spacial score (nSPS) is 11.5. The van der Waals surface area contributed by atoms with E-state index in [1.54, 1.807) is 10.6 Å². The number of hydrogen-bond acceptors (Lipinski definition) is 5. The number of hydrogen-bond donors (Lipinski definition) is 2. The molecule has 0 aliphatic rings. The van der Waals surface area contributed by atoms with Gasteiger partial charge in [0, 0.05) is 30.5 Å². The molecule has 0 aromatic carbocycles. The summed E-state index contributed by atoms with van der Waals surface area (Å²) < 4.78 is 4.89. The van der Waals surface area contributed by atoms with E-state index < -0.39 is 0 Å². The highest BCUT2D eigenvalue weighted by Crippen LogP contribution is 2.12. The summed E-state index contributed by atoms with van der Waals surface area (Å²) in [6.07, 6.45) is 2.54. The quantitative estimate of drug-likeness (QED) is 0.580. The second-order valence-corrected chi connectivity index (χ2v) is 6.06. The molecule has 0 radical (unpaired) electrons. The standard InChI is InChI=1S/C17H24N6O2/c1-13-15(14(2)22(19-13)10-11-24)12-18-7-5-9-23-17(25)21-8-4-3-6-16(21)20-23/h3-4,6,8,18,24H,5,7,9-12H2,1-2H3. The van der Waals surface area contributed by atoms with Gasteiger partial charge in [-0.05, 0) is 38.9 Å². The number of pyridine rings is 1. The Bertz CT molecular complexity index is 908. The number of aryl methyl sites for hydroxylation is 2. The van der Waals surface area contributed by atoms with Gasteiger partial charge in [0.05, 0.1) is 18.8 Å². The first kappa shape index (κ1) is 17.4. The molecule has 0 saturated heterocycles. The molecule has 3 heterocycles. The van der Waals surface area contributed by atoms with Crippen molar-refractivity contribution < 1.29 is 5.11 Å². The molecular weight excluding hydrogens is 320 g/mol. The van der Waals surface area contributed by atoms with E-state index in [0.717, 1.165) is 30.9 Å². The maximum Gasteiger partial charge on any atom is 0.350 e. The fourth-order valence-corrected chi connectivity index (χ4v) is 2.98. The molecule has 8 heteroatoms. The number of rotatable bonds is 8. The zero-order valence-corrected chi connectivity index (χ0v) is 14.6. The largest absolute Gasteiger partial charge is 0.394 e. The third-order valence-electron chi connectivity index (χ3n) is 4.36. The van der Waals surface area contributed by atoms with Crippen LogP contribution in [0.3, 0.4) is 0 Å². The molecule has 0 aliphatic carbocycles. The molecule has 8 nitrogen and oxygen atoms in total. The summed E-state index contributed by atoms with van der Waals surface area (Å²) in [6.45, 7) is 6.69. The van der Waals surface area contributed by atoms with Gasteiger partial charge in [0.25, 0.3) is 0 Å². The van der Waals surface area contributed by atoms with Gasteiger partial charge in [-0.15, -0.1) is 5.10 Å². The second-order valence-electron chi connectivity index (χ2n) is 6.06. The van der Waals surface area contributed by atoms with Gasteiger partial charge in [0.15, 0.2) is 5.65 Å². The Morgan fingerprint density at radius 1 is 1.16 bits per heavy atom. The van der Waals surface area contributed by atoms with Gasteiger partial charge in [0.2, 0.25) is 0 Å². The average Bonchev–Trinajstić information content (AvgIpc) is 3.06. The monoisotopic (exact) mass is 344 g/mol. The number of aliphatic hydroxyl groups excluding tert-OH is 1. The van der Waals surface area contributed by atoms with Crippen molar-refractivity contribution in [3.8, 4) is 0 Å². The van der Waals surface area contributed by atoms with Crippen molar-refractivity contribution in [2.75, 3.05) is 13.2 Å². The fourth-order valence-electron chi connectivity index (χ4n) is 2.98. The maximum atomic E-state index is 12.2. The Balaban J connectivity index is 1.52. The summed E-state index contributed by atoms with van der Waals surface area (Å²) in [7, 11) is 0. The zero-order valence-electron chi connectivity index (χ0n) is 14.6. The summed E-state index contributed by atoms with van der Waals surface area (Å²) in [5, 5.41) is 21.2. The lowest BCUT2D eigenvalue weighted by Gasteiger charge is -2.06. The van der Waals surface area contributed by atoms with E-state index in [-0.39, 0.29) is 12.3 Å². The van der Waals surface area contributed by atoms with Crippen molar-refractivity contribution in [3.05, 3.63) is 51.8 Å². The van der Waals surface area contributed by atoms with Crippen LogP contribution in [0.1, 0.15) is 23.4 Å². The highest BCUT2D eigenvalue weighted by molar-refractivity contribution is 5.35. The first-order valence-corrected chi connectivity index (χ1v) is 8.50. The third-order valence-corrected chi connectivity index (χ3v) is 4.36. The van der Waals surface area contributed by atoms with Crippen molar-refractivity contribution in [3.63, 3.8) is 0 Å². The van der Waals surface area contributed by atoms with Crippen LogP contribution in [0, 0.1) is 13.8 Å². The van der Waals surface area contributed by atoms with Gasteiger partial charge in [0.1, 0.15) is 0 Å². The molecule has 3 aromatic rings. The van der Waals surface area contributed by atoms with Crippen LogP contribution in [0.15, 0.2) is 29.2 Å². The molecule has 25 heavy (non-hydrogen) atoms. The fraction of sp³-hybridized carbons (Fsp3) is 0.471. The van der Waals surface area contributed by atoms with Crippen LogP contribution >= 0.6 is 0 Å². The Morgan fingerprint density at radius 2 is 2.00 bits per heavy atom. The SMILES string of the molecule is Cc1nn(CCO)c(C)c1CNCCCn1nc2ccccn2c1=O. The molecular formula is C17H24N6O2. The lowest BCUT2D eigenvalue weighted by molar-refractivity contribution is 0.267. The van der Waals surface area contributed by atoms with Crippen molar-refractivity contribution in [2.24, 2.45) is 0 Å². The van der Waals surface area contributed by atoms with E-state index in [0.29, 0.717) is 18.7 Å². The lowest BCUT2D eigenvalue weighted by Crippen LogP contribution is -2.24. The van der Waals surface area contributed by atoms with Crippen molar-refractivity contribution in [1.82, 2.24) is 29.3 Å². The molecule has 0 aliphatic heterocycles. The predicted octanol–water partition coefficient (Wildman–Crippen LogP) is 0.482. The summed E-state index contributed by atoms with van der Waals surface area (Å²) in [5.74, 6) is 0. The molecule has 0 unspecified atom stereocenters. The third kappa shape index (κ3) is 3.64. The summed E-state index contributed by atoms with van der Waals surface area (Å²) >= 11 is 0. The van der Waals surface area contributed by atoms with Gasteiger partial charge < -0.3 is 10.4 Å². The van der Waals surface area contributed by atoms with E-state index in [1.807, 2.05) is 36.7 Å². The van der Waals surface area contributed by atoms with Gasteiger partial charge in [-0.1, -0.05) is 6.07 Å². The number of aromatic nitrogens is 5. The number of fused-ring (bicyclic) bond motifs is 1. The molecule has 0 atom stereocenters. The highest BCUT2D eigenvalue weighted by Gasteiger charge is 2.10. The molecule has 0 spiro atoms. The Morgan fingerprint density at radius 3 is 2.76 bits per heavy atom. The molecule has 3 rings (SSSR count). The molecule has 0 fully saturated rings. The Labute approximate surface area is 145 Å². The lowest BCUT2D eigenvalue weighted by atomic mass is 10.2. The van der Waals surface area contributed by atoms with Gasteiger partial charge >= 0.3 is 5.69 Å². The van der Waals surface area contributed by atoms with E-state index in [4.69, 9.17) is 5.11 Å². The van der Waals surface area contributed by atoms with E-state index >= 15 is 0 Å². The molecule has 134 valence electrons. The zero-order chi connectivity index (χ0) is 17.8. The average molecular weight is 344 g/mol. The topological polar surface area (TPSA) is 89.4 Å². The van der Waals surface area contributed by atoms with Crippen LogP contribution in [0.5, 0.6) is 0 Å². The van der Waals surface area contributed by atoms with Gasteiger partial charge in [-0.25, -0.2) is 9.48 Å². The molecule has 0 saturated carbocycles. The van der Waals surface area contributed by atoms with Crippen molar-refractivity contribution in [2.45, 2.75) is 39.9 Å².